The molecular weight excluding hydrogens is 364 g/mol. The normalized spacial score (nSPS) is 18.4. The van der Waals surface area contributed by atoms with E-state index >= 15 is 0 Å². The Hall–Kier alpha value is -2.34. The molecule has 6 nitrogen and oxygen atoms in total. The molecule has 0 radical (unpaired) electrons. The average molecular weight is 397 g/mol. The standard InChI is InChI=1S/C23H32N4O2/c1-3-25(4-2)23(28)18-16-24-27(17-18)20-8-10-21(11-9-20)29-22-12-14-26(15-13-22)19-6-5-7-19/h8-11,16-17,19,22H,3-7,12-15H2,1-2H3. The van der Waals surface area contributed by atoms with E-state index in [1.54, 1.807) is 22.0 Å². The third-order valence-electron chi connectivity index (χ3n) is 6.35. The Bertz CT molecular complexity index is 801. The number of benzene rings is 1. The molecule has 1 aliphatic heterocycles. The van der Waals surface area contributed by atoms with Crippen LogP contribution in [0, 0.1) is 0 Å². The van der Waals surface area contributed by atoms with E-state index in [0.29, 0.717) is 24.8 Å². The largest absolute Gasteiger partial charge is 0.490 e. The number of hydrogen-bond donors (Lipinski definition) is 0. The topological polar surface area (TPSA) is 50.6 Å². The third kappa shape index (κ3) is 4.47. The fourth-order valence-corrected chi connectivity index (χ4v) is 4.25. The van der Waals surface area contributed by atoms with Crippen LogP contribution in [-0.4, -0.2) is 63.8 Å². The van der Waals surface area contributed by atoms with Gasteiger partial charge in [-0.25, -0.2) is 4.68 Å². The van der Waals surface area contributed by atoms with Crippen LogP contribution in [0.1, 0.15) is 56.3 Å². The first-order chi connectivity index (χ1) is 14.2. The molecule has 0 spiro atoms. The van der Waals surface area contributed by atoms with E-state index in [1.165, 1.54) is 19.3 Å². The molecule has 0 atom stereocenters. The summed E-state index contributed by atoms with van der Waals surface area (Å²) >= 11 is 0. The molecule has 1 amide bonds. The van der Waals surface area contributed by atoms with Gasteiger partial charge in [-0.15, -0.1) is 0 Å². The van der Waals surface area contributed by atoms with Crippen molar-refractivity contribution in [2.45, 2.75) is 58.1 Å². The van der Waals surface area contributed by atoms with Crippen molar-refractivity contribution in [1.82, 2.24) is 19.6 Å². The van der Waals surface area contributed by atoms with E-state index in [0.717, 1.165) is 43.4 Å². The SMILES string of the molecule is CCN(CC)C(=O)c1cnn(-c2ccc(OC3CCN(C4CCC4)CC3)cc2)c1. The van der Waals surface area contributed by atoms with Crippen molar-refractivity contribution in [3.8, 4) is 11.4 Å². The Labute approximate surface area is 173 Å². The summed E-state index contributed by atoms with van der Waals surface area (Å²) in [6, 6.07) is 8.83. The average Bonchev–Trinajstić information content (AvgIpc) is 3.20. The summed E-state index contributed by atoms with van der Waals surface area (Å²) in [6.07, 6.45) is 10.1. The van der Waals surface area contributed by atoms with Gasteiger partial charge in [0.25, 0.3) is 5.91 Å². The van der Waals surface area contributed by atoms with Crippen molar-refractivity contribution in [2.24, 2.45) is 0 Å². The smallest absolute Gasteiger partial charge is 0.257 e. The lowest BCUT2D eigenvalue weighted by Crippen LogP contribution is -2.46. The number of amides is 1. The highest BCUT2D eigenvalue weighted by atomic mass is 16.5. The zero-order valence-corrected chi connectivity index (χ0v) is 17.6. The predicted molar refractivity (Wildman–Crippen MR) is 114 cm³/mol. The van der Waals surface area contributed by atoms with E-state index in [4.69, 9.17) is 4.74 Å². The number of nitrogens with zero attached hydrogens (tertiary/aromatic N) is 4. The molecule has 1 aromatic heterocycles. The highest BCUT2D eigenvalue weighted by molar-refractivity contribution is 5.93. The molecule has 6 heteroatoms. The Morgan fingerprint density at radius 3 is 2.38 bits per heavy atom. The lowest BCUT2D eigenvalue weighted by Gasteiger charge is -2.41. The zero-order chi connectivity index (χ0) is 20.2. The van der Waals surface area contributed by atoms with Gasteiger partial charge >= 0.3 is 0 Å². The second kappa shape index (κ2) is 8.99. The second-order valence-electron chi connectivity index (χ2n) is 8.08. The number of rotatable bonds is 7. The Balaban J connectivity index is 1.33. The minimum atomic E-state index is 0.0226. The summed E-state index contributed by atoms with van der Waals surface area (Å²) in [4.78, 5) is 16.9. The minimum absolute atomic E-state index is 0.0226. The number of aromatic nitrogens is 2. The number of piperidine rings is 1. The fraction of sp³-hybridized carbons (Fsp3) is 0.565. The Morgan fingerprint density at radius 2 is 1.79 bits per heavy atom. The summed E-state index contributed by atoms with van der Waals surface area (Å²) in [5.41, 5.74) is 1.54. The van der Waals surface area contributed by atoms with E-state index < -0.39 is 0 Å². The van der Waals surface area contributed by atoms with Gasteiger partial charge in [-0.3, -0.25) is 4.79 Å². The number of hydrogen-bond acceptors (Lipinski definition) is 4. The van der Waals surface area contributed by atoms with Gasteiger partial charge in [0.15, 0.2) is 0 Å². The quantitative estimate of drug-likeness (QED) is 0.715. The van der Waals surface area contributed by atoms with Crippen LogP contribution in [0.15, 0.2) is 36.7 Å². The lowest BCUT2D eigenvalue weighted by molar-refractivity contribution is 0.0493. The molecule has 2 fully saturated rings. The first-order valence-corrected chi connectivity index (χ1v) is 11.0. The summed E-state index contributed by atoms with van der Waals surface area (Å²) in [6.45, 7) is 7.69. The van der Waals surface area contributed by atoms with Crippen molar-refractivity contribution in [3.63, 3.8) is 0 Å². The fourth-order valence-electron chi connectivity index (χ4n) is 4.25. The van der Waals surface area contributed by atoms with Gasteiger partial charge in [0.05, 0.1) is 17.4 Å². The molecule has 2 heterocycles. The van der Waals surface area contributed by atoms with E-state index in [1.807, 2.05) is 38.1 Å². The van der Waals surface area contributed by atoms with Gasteiger partial charge in [0, 0.05) is 38.4 Å². The number of likely N-dealkylation sites (tertiary alicyclic amines) is 1. The summed E-state index contributed by atoms with van der Waals surface area (Å²) in [5, 5.41) is 4.37. The van der Waals surface area contributed by atoms with E-state index in [9.17, 15) is 4.79 Å². The van der Waals surface area contributed by atoms with Gasteiger partial charge in [-0.05, 0) is 63.8 Å². The van der Waals surface area contributed by atoms with Crippen LogP contribution in [0.5, 0.6) is 5.75 Å². The molecule has 1 aromatic carbocycles. The first-order valence-electron chi connectivity index (χ1n) is 11.0. The molecular formula is C23H32N4O2. The van der Waals surface area contributed by atoms with Crippen molar-refractivity contribution in [3.05, 3.63) is 42.2 Å². The third-order valence-corrected chi connectivity index (χ3v) is 6.35. The highest BCUT2D eigenvalue weighted by Gasteiger charge is 2.29. The minimum Gasteiger partial charge on any atom is -0.490 e. The van der Waals surface area contributed by atoms with Gasteiger partial charge in [-0.2, -0.15) is 5.10 Å². The Kier molecular flexibility index (Phi) is 6.19. The molecule has 4 rings (SSSR count). The van der Waals surface area contributed by atoms with E-state index in [-0.39, 0.29) is 5.91 Å². The lowest BCUT2D eigenvalue weighted by atomic mass is 9.90. The van der Waals surface area contributed by atoms with Crippen molar-refractivity contribution in [2.75, 3.05) is 26.2 Å². The van der Waals surface area contributed by atoms with Crippen LogP contribution >= 0.6 is 0 Å². The van der Waals surface area contributed by atoms with Crippen LogP contribution in [0.2, 0.25) is 0 Å². The summed E-state index contributed by atoms with van der Waals surface area (Å²) in [7, 11) is 0. The monoisotopic (exact) mass is 396 g/mol. The molecule has 1 saturated heterocycles. The molecule has 156 valence electrons. The van der Waals surface area contributed by atoms with Gasteiger partial charge in [0.1, 0.15) is 11.9 Å². The van der Waals surface area contributed by atoms with Crippen LogP contribution in [0.4, 0.5) is 0 Å². The molecule has 2 aliphatic rings. The van der Waals surface area contributed by atoms with E-state index in [2.05, 4.69) is 10.00 Å². The molecule has 2 aromatic rings. The maximum absolute atomic E-state index is 12.5. The van der Waals surface area contributed by atoms with Crippen molar-refractivity contribution < 1.29 is 9.53 Å². The first kappa shape index (κ1) is 20.0. The maximum Gasteiger partial charge on any atom is 0.257 e. The number of carbonyl (C=O) groups is 1. The summed E-state index contributed by atoms with van der Waals surface area (Å²) < 4.78 is 7.96. The molecule has 0 unspecified atom stereocenters. The van der Waals surface area contributed by atoms with Gasteiger partial charge in [0.2, 0.25) is 0 Å². The highest BCUT2D eigenvalue weighted by Crippen LogP contribution is 2.28. The number of ether oxygens (including phenoxy) is 1. The van der Waals surface area contributed by atoms with Gasteiger partial charge in [-0.1, -0.05) is 6.42 Å². The summed E-state index contributed by atoms with van der Waals surface area (Å²) in [5.74, 6) is 0.928. The van der Waals surface area contributed by atoms with Crippen LogP contribution in [-0.2, 0) is 0 Å². The van der Waals surface area contributed by atoms with Crippen molar-refractivity contribution >= 4 is 5.91 Å². The molecule has 1 saturated carbocycles. The zero-order valence-electron chi connectivity index (χ0n) is 17.6. The van der Waals surface area contributed by atoms with Crippen LogP contribution in [0.3, 0.4) is 0 Å². The second-order valence-corrected chi connectivity index (χ2v) is 8.08. The van der Waals surface area contributed by atoms with Crippen LogP contribution < -0.4 is 4.74 Å². The van der Waals surface area contributed by atoms with Crippen molar-refractivity contribution in [1.29, 1.82) is 0 Å². The maximum atomic E-state index is 12.5. The number of carbonyl (C=O) groups excluding carboxylic acids is 1. The predicted octanol–water partition coefficient (Wildman–Crippen LogP) is 3.75. The van der Waals surface area contributed by atoms with Crippen LogP contribution in [0.25, 0.3) is 5.69 Å². The molecule has 0 N–H and O–H groups in total. The molecule has 0 bridgehead atoms. The molecule has 1 aliphatic carbocycles. The van der Waals surface area contributed by atoms with Gasteiger partial charge < -0.3 is 14.5 Å². The molecule has 29 heavy (non-hydrogen) atoms. The Morgan fingerprint density at radius 1 is 1.10 bits per heavy atom.